The summed E-state index contributed by atoms with van der Waals surface area (Å²) in [6.45, 7) is 2.73. The van der Waals surface area contributed by atoms with Gasteiger partial charge in [0.15, 0.2) is 0 Å². The Labute approximate surface area is 101 Å². The smallest absolute Gasteiger partial charge is 0.129 e. The molecule has 3 nitrogen and oxygen atoms in total. The van der Waals surface area contributed by atoms with Crippen LogP contribution in [0.3, 0.4) is 0 Å². The molecule has 0 spiro atoms. The summed E-state index contributed by atoms with van der Waals surface area (Å²) in [6, 6.07) is 14.2. The molecule has 1 aromatic heterocycles. The molecule has 90 valence electrons. The maximum absolute atomic E-state index is 8.89. The Morgan fingerprint density at radius 2 is 1.82 bits per heavy atom. The molecular weight excluding hydrogens is 214 g/mol. The Hall–Kier alpha value is -1.58. The van der Waals surface area contributed by atoms with Crippen LogP contribution in [0.2, 0.25) is 0 Å². The number of aliphatic hydroxyl groups is 1. The second-order valence-electron chi connectivity index (χ2n) is 4.04. The summed E-state index contributed by atoms with van der Waals surface area (Å²) in [5.41, 5.74) is 1.25. The van der Waals surface area contributed by atoms with Crippen molar-refractivity contribution in [3.05, 3.63) is 59.5 Å². The fraction of sp³-hybridized carbons (Fsp3) is 0.286. The van der Waals surface area contributed by atoms with Crippen LogP contribution < -0.4 is 5.32 Å². The van der Waals surface area contributed by atoms with Gasteiger partial charge in [0.25, 0.3) is 0 Å². The van der Waals surface area contributed by atoms with Crippen molar-refractivity contribution >= 4 is 0 Å². The van der Waals surface area contributed by atoms with Gasteiger partial charge in [-0.25, -0.2) is 0 Å². The van der Waals surface area contributed by atoms with Gasteiger partial charge < -0.3 is 14.8 Å². The average molecular weight is 231 g/mol. The zero-order chi connectivity index (χ0) is 12.1. The zero-order valence-electron chi connectivity index (χ0n) is 9.89. The van der Waals surface area contributed by atoms with Crippen molar-refractivity contribution in [3.8, 4) is 0 Å². The third-order valence-electron chi connectivity index (χ3n) is 2.76. The summed E-state index contributed by atoms with van der Waals surface area (Å²) in [5, 5.41) is 12.3. The van der Waals surface area contributed by atoms with Crippen LogP contribution in [0.1, 0.15) is 30.0 Å². The van der Waals surface area contributed by atoms with Crippen LogP contribution in [0, 0.1) is 0 Å². The number of hydrogen-bond donors (Lipinski definition) is 2. The maximum Gasteiger partial charge on any atom is 0.129 e. The van der Waals surface area contributed by atoms with Crippen molar-refractivity contribution < 1.29 is 9.52 Å². The fourth-order valence-corrected chi connectivity index (χ4v) is 1.72. The number of hydrogen-bond acceptors (Lipinski definition) is 3. The maximum atomic E-state index is 8.89. The molecule has 0 saturated heterocycles. The largest absolute Gasteiger partial charge is 0.462 e. The molecule has 2 rings (SSSR count). The Bertz CT molecular complexity index is 450. The second kappa shape index (κ2) is 5.66. The Morgan fingerprint density at radius 1 is 1.12 bits per heavy atom. The van der Waals surface area contributed by atoms with Gasteiger partial charge in [-0.15, -0.1) is 0 Å². The summed E-state index contributed by atoms with van der Waals surface area (Å²) < 4.78 is 5.41. The van der Waals surface area contributed by atoms with Gasteiger partial charge in [0.2, 0.25) is 0 Å². The second-order valence-corrected chi connectivity index (χ2v) is 4.04. The molecule has 0 fully saturated rings. The monoisotopic (exact) mass is 231 g/mol. The highest BCUT2D eigenvalue weighted by atomic mass is 16.4. The van der Waals surface area contributed by atoms with Crippen molar-refractivity contribution in [3.63, 3.8) is 0 Å². The normalized spacial score (nSPS) is 12.6. The van der Waals surface area contributed by atoms with Crippen LogP contribution in [0.25, 0.3) is 0 Å². The Morgan fingerprint density at radius 3 is 2.47 bits per heavy atom. The Kier molecular flexibility index (Phi) is 3.96. The molecule has 0 aliphatic heterocycles. The van der Waals surface area contributed by atoms with Crippen molar-refractivity contribution in [2.75, 3.05) is 0 Å². The molecule has 0 unspecified atom stereocenters. The van der Waals surface area contributed by atoms with Crippen LogP contribution in [-0.4, -0.2) is 5.11 Å². The lowest BCUT2D eigenvalue weighted by molar-refractivity contribution is 0.242. The van der Waals surface area contributed by atoms with E-state index in [1.165, 1.54) is 5.56 Å². The molecule has 0 amide bonds. The van der Waals surface area contributed by atoms with E-state index in [9.17, 15) is 0 Å². The molecule has 2 N–H and O–H groups in total. The van der Waals surface area contributed by atoms with E-state index in [1.807, 2.05) is 24.3 Å². The van der Waals surface area contributed by atoms with Gasteiger partial charge in [0, 0.05) is 6.04 Å². The molecule has 17 heavy (non-hydrogen) atoms. The minimum Gasteiger partial charge on any atom is -0.462 e. The number of benzene rings is 1. The SMILES string of the molecule is C[C@@H](NCc1ccc(CO)o1)c1ccccc1. The summed E-state index contributed by atoms with van der Waals surface area (Å²) in [5.74, 6) is 1.45. The minimum absolute atomic E-state index is 0.0474. The van der Waals surface area contributed by atoms with E-state index in [1.54, 1.807) is 6.07 Å². The molecule has 1 aromatic carbocycles. The van der Waals surface area contributed by atoms with Gasteiger partial charge in [-0.2, -0.15) is 0 Å². The van der Waals surface area contributed by atoms with Crippen molar-refractivity contribution in [2.24, 2.45) is 0 Å². The topological polar surface area (TPSA) is 45.4 Å². The van der Waals surface area contributed by atoms with Gasteiger partial charge in [0.05, 0.1) is 6.54 Å². The van der Waals surface area contributed by atoms with Crippen LogP contribution in [0.4, 0.5) is 0 Å². The summed E-state index contributed by atoms with van der Waals surface area (Å²) in [7, 11) is 0. The number of furan rings is 1. The van der Waals surface area contributed by atoms with Crippen LogP contribution in [0.5, 0.6) is 0 Å². The lowest BCUT2D eigenvalue weighted by atomic mass is 10.1. The molecule has 1 heterocycles. The highest BCUT2D eigenvalue weighted by molar-refractivity contribution is 5.18. The lowest BCUT2D eigenvalue weighted by Crippen LogP contribution is -2.17. The first-order valence-electron chi connectivity index (χ1n) is 5.76. The molecule has 3 heteroatoms. The molecule has 0 aliphatic rings. The van der Waals surface area contributed by atoms with E-state index < -0.39 is 0 Å². The van der Waals surface area contributed by atoms with Crippen LogP contribution >= 0.6 is 0 Å². The highest BCUT2D eigenvalue weighted by Crippen LogP contribution is 2.13. The van der Waals surface area contributed by atoms with Crippen molar-refractivity contribution in [2.45, 2.75) is 26.1 Å². The molecule has 0 bridgehead atoms. The molecule has 1 atom stereocenters. The highest BCUT2D eigenvalue weighted by Gasteiger charge is 2.06. The third-order valence-corrected chi connectivity index (χ3v) is 2.76. The van der Waals surface area contributed by atoms with Gasteiger partial charge >= 0.3 is 0 Å². The molecule has 0 aliphatic carbocycles. The van der Waals surface area contributed by atoms with E-state index in [0.717, 1.165) is 5.76 Å². The fourth-order valence-electron chi connectivity index (χ4n) is 1.72. The van der Waals surface area contributed by atoms with E-state index in [-0.39, 0.29) is 12.6 Å². The molecule has 0 radical (unpaired) electrons. The van der Waals surface area contributed by atoms with Crippen LogP contribution in [0.15, 0.2) is 46.9 Å². The summed E-state index contributed by atoms with van der Waals surface area (Å²) >= 11 is 0. The number of rotatable bonds is 5. The van der Waals surface area contributed by atoms with E-state index in [4.69, 9.17) is 9.52 Å². The van der Waals surface area contributed by atoms with Gasteiger partial charge in [0.1, 0.15) is 18.1 Å². The van der Waals surface area contributed by atoms with Crippen molar-refractivity contribution in [1.29, 1.82) is 0 Å². The zero-order valence-corrected chi connectivity index (χ0v) is 9.89. The molecular formula is C14H17NO2. The van der Waals surface area contributed by atoms with E-state index >= 15 is 0 Å². The summed E-state index contributed by atoms with van der Waals surface area (Å²) in [4.78, 5) is 0. The van der Waals surface area contributed by atoms with Gasteiger partial charge in [-0.1, -0.05) is 30.3 Å². The van der Waals surface area contributed by atoms with Gasteiger partial charge in [-0.05, 0) is 24.6 Å². The predicted molar refractivity (Wildman–Crippen MR) is 66.3 cm³/mol. The standard InChI is InChI=1S/C14H17NO2/c1-11(12-5-3-2-4-6-12)15-9-13-7-8-14(10-16)17-13/h2-8,11,15-16H,9-10H2,1H3/t11-/m1/s1. The quantitative estimate of drug-likeness (QED) is 0.831. The Balaban J connectivity index is 1.90. The average Bonchev–Trinajstić information content (AvgIpc) is 2.85. The van der Waals surface area contributed by atoms with Gasteiger partial charge in [-0.3, -0.25) is 0 Å². The number of nitrogens with one attached hydrogen (secondary N) is 1. The van der Waals surface area contributed by atoms with Crippen LogP contribution in [-0.2, 0) is 13.2 Å². The molecule has 0 saturated carbocycles. The third kappa shape index (κ3) is 3.19. The predicted octanol–water partition coefficient (Wildman–Crippen LogP) is 2.62. The van der Waals surface area contributed by atoms with E-state index in [0.29, 0.717) is 12.3 Å². The number of aliphatic hydroxyl groups excluding tert-OH is 1. The first-order chi connectivity index (χ1) is 8.29. The minimum atomic E-state index is -0.0474. The molecule has 2 aromatic rings. The first-order valence-corrected chi connectivity index (χ1v) is 5.76. The first kappa shape index (κ1) is 11.9. The summed E-state index contributed by atoms with van der Waals surface area (Å²) in [6.07, 6.45) is 0. The lowest BCUT2D eigenvalue weighted by Gasteiger charge is -2.12. The van der Waals surface area contributed by atoms with E-state index in [2.05, 4.69) is 24.4 Å². The van der Waals surface area contributed by atoms with Crippen molar-refractivity contribution in [1.82, 2.24) is 5.32 Å².